The average molecular weight is 386 g/mol. The number of ether oxygens (including phenoxy) is 2. The molecule has 1 aromatic carbocycles. The minimum absolute atomic E-state index is 0.00618. The van der Waals surface area contributed by atoms with Gasteiger partial charge in [0.2, 0.25) is 11.6 Å². The molecule has 0 unspecified atom stereocenters. The smallest absolute Gasteiger partial charge is 0.216 e. The largest absolute Gasteiger partial charge is 0.491 e. The first kappa shape index (κ1) is 19.8. The van der Waals surface area contributed by atoms with Gasteiger partial charge in [-0.1, -0.05) is 0 Å². The number of hydrogen-bond acceptors (Lipinski definition) is 7. The SMILES string of the molecule is COCCOc1ccc2c(c1)nc(NCCCCNC(C)=O)c1nnc(C)n12. The zero-order chi connectivity index (χ0) is 19.9. The van der Waals surface area contributed by atoms with Gasteiger partial charge in [-0.2, -0.15) is 0 Å². The zero-order valence-corrected chi connectivity index (χ0v) is 16.5. The van der Waals surface area contributed by atoms with E-state index < -0.39 is 0 Å². The number of methoxy groups -OCH3 is 1. The molecule has 0 atom stereocenters. The molecule has 0 aliphatic carbocycles. The number of hydrogen-bond donors (Lipinski definition) is 2. The Morgan fingerprint density at radius 2 is 2.00 bits per heavy atom. The maximum atomic E-state index is 10.9. The van der Waals surface area contributed by atoms with Crippen LogP contribution in [0, 0.1) is 6.92 Å². The van der Waals surface area contributed by atoms with E-state index in [1.165, 1.54) is 6.92 Å². The Morgan fingerprint density at radius 1 is 1.18 bits per heavy atom. The van der Waals surface area contributed by atoms with Crippen LogP contribution < -0.4 is 15.4 Å². The molecule has 0 aliphatic rings. The molecule has 0 radical (unpaired) electrons. The summed E-state index contributed by atoms with van der Waals surface area (Å²) in [5.41, 5.74) is 2.42. The van der Waals surface area contributed by atoms with E-state index in [0.717, 1.165) is 42.0 Å². The van der Waals surface area contributed by atoms with Crippen molar-refractivity contribution in [3.05, 3.63) is 24.0 Å². The fourth-order valence-electron chi connectivity index (χ4n) is 2.93. The monoisotopic (exact) mass is 386 g/mol. The van der Waals surface area contributed by atoms with E-state index >= 15 is 0 Å². The summed E-state index contributed by atoms with van der Waals surface area (Å²) in [6.07, 6.45) is 1.79. The lowest BCUT2D eigenvalue weighted by Gasteiger charge is -2.11. The van der Waals surface area contributed by atoms with Crippen LogP contribution in [0.4, 0.5) is 5.82 Å². The molecule has 3 aromatic rings. The molecule has 0 saturated carbocycles. The Bertz CT molecular complexity index is 956. The van der Waals surface area contributed by atoms with Crippen molar-refractivity contribution >= 4 is 28.4 Å². The molecular formula is C19H26N6O3. The number of nitrogens with one attached hydrogen (secondary N) is 2. The molecule has 28 heavy (non-hydrogen) atoms. The predicted octanol–water partition coefficient (Wildman–Crippen LogP) is 1.94. The lowest BCUT2D eigenvalue weighted by Crippen LogP contribution is -2.21. The summed E-state index contributed by atoms with van der Waals surface area (Å²) in [6.45, 7) is 5.84. The van der Waals surface area contributed by atoms with Gasteiger partial charge < -0.3 is 20.1 Å². The predicted molar refractivity (Wildman–Crippen MR) is 107 cm³/mol. The van der Waals surface area contributed by atoms with Crippen molar-refractivity contribution in [1.82, 2.24) is 24.9 Å². The third kappa shape index (κ3) is 4.66. The van der Waals surface area contributed by atoms with Crippen LogP contribution in [0.5, 0.6) is 5.75 Å². The highest BCUT2D eigenvalue weighted by molar-refractivity contribution is 5.84. The number of nitrogens with zero attached hydrogens (tertiary/aromatic N) is 4. The first-order valence-electron chi connectivity index (χ1n) is 9.35. The molecule has 2 aromatic heterocycles. The standard InChI is InChI=1S/C19H26N6O3/c1-13-23-24-19-18(21-9-5-4-8-20-14(2)26)22-16-12-15(28-11-10-27-3)6-7-17(16)25(13)19/h6-7,12H,4-5,8-11H2,1-3H3,(H,20,26)(H,21,22). The third-order valence-corrected chi connectivity index (χ3v) is 4.28. The van der Waals surface area contributed by atoms with Crippen molar-refractivity contribution in [2.75, 3.05) is 38.7 Å². The molecule has 2 N–H and O–H groups in total. The van der Waals surface area contributed by atoms with Crippen molar-refractivity contribution in [1.29, 1.82) is 0 Å². The van der Waals surface area contributed by atoms with Gasteiger partial charge in [0.15, 0.2) is 5.82 Å². The number of amides is 1. The molecule has 0 fully saturated rings. The van der Waals surface area contributed by atoms with Crippen molar-refractivity contribution in [2.24, 2.45) is 0 Å². The van der Waals surface area contributed by atoms with Crippen molar-refractivity contribution in [3.63, 3.8) is 0 Å². The number of anilines is 1. The van der Waals surface area contributed by atoms with Crippen molar-refractivity contribution < 1.29 is 14.3 Å². The number of aromatic nitrogens is 4. The van der Waals surface area contributed by atoms with Crippen molar-refractivity contribution in [2.45, 2.75) is 26.7 Å². The Balaban J connectivity index is 1.78. The second kappa shape index (κ2) is 9.32. The van der Waals surface area contributed by atoms with Gasteiger partial charge in [0.1, 0.15) is 18.2 Å². The molecule has 2 heterocycles. The van der Waals surface area contributed by atoms with Gasteiger partial charge in [0.05, 0.1) is 17.6 Å². The van der Waals surface area contributed by atoms with Gasteiger partial charge >= 0.3 is 0 Å². The first-order valence-corrected chi connectivity index (χ1v) is 9.35. The van der Waals surface area contributed by atoms with Crippen LogP contribution in [0.3, 0.4) is 0 Å². The number of fused-ring (bicyclic) bond motifs is 3. The minimum atomic E-state index is -0.00618. The summed E-state index contributed by atoms with van der Waals surface area (Å²) in [7, 11) is 1.64. The maximum Gasteiger partial charge on any atom is 0.216 e. The molecule has 1 amide bonds. The van der Waals surface area contributed by atoms with E-state index in [4.69, 9.17) is 14.5 Å². The van der Waals surface area contributed by atoms with Gasteiger partial charge in [0.25, 0.3) is 0 Å². The highest BCUT2D eigenvalue weighted by Crippen LogP contribution is 2.25. The molecule has 3 rings (SSSR count). The van der Waals surface area contributed by atoms with Gasteiger partial charge in [-0.3, -0.25) is 9.20 Å². The Hall–Kier alpha value is -2.94. The summed E-state index contributed by atoms with van der Waals surface area (Å²) in [5.74, 6) is 2.21. The number of carbonyl (C=O) groups is 1. The highest BCUT2D eigenvalue weighted by atomic mass is 16.5. The van der Waals surface area contributed by atoms with Crippen LogP contribution in [0.2, 0.25) is 0 Å². The van der Waals surface area contributed by atoms with Gasteiger partial charge in [-0.15, -0.1) is 10.2 Å². The Kier molecular flexibility index (Phi) is 6.59. The van der Waals surface area contributed by atoms with E-state index in [0.29, 0.717) is 31.2 Å². The molecule has 0 bridgehead atoms. The maximum absolute atomic E-state index is 10.9. The average Bonchev–Trinajstić information content (AvgIpc) is 3.06. The molecule has 0 saturated heterocycles. The number of benzene rings is 1. The summed E-state index contributed by atoms with van der Waals surface area (Å²) in [5, 5.41) is 14.6. The van der Waals surface area contributed by atoms with Crippen LogP contribution >= 0.6 is 0 Å². The second-order valence-corrected chi connectivity index (χ2v) is 6.48. The Morgan fingerprint density at radius 3 is 2.79 bits per heavy atom. The number of unbranched alkanes of at least 4 members (excludes halogenated alkanes) is 1. The zero-order valence-electron chi connectivity index (χ0n) is 16.5. The van der Waals surface area contributed by atoms with Crippen LogP contribution in [0.25, 0.3) is 16.7 Å². The second-order valence-electron chi connectivity index (χ2n) is 6.48. The van der Waals surface area contributed by atoms with Crippen LogP contribution in [-0.2, 0) is 9.53 Å². The van der Waals surface area contributed by atoms with Gasteiger partial charge in [0, 0.05) is 33.2 Å². The molecule has 9 heteroatoms. The van der Waals surface area contributed by atoms with Gasteiger partial charge in [-0.05, 0) is 31.9 Å². The third-order valence-electron chi connectivity index (χ3n) is 4.28. The summed E-state index contributed by atoms with van der Waals surface area (Å²) in [4.78, 5) is 15.6. The number of carbonyl (C=O) groups excluding carboxylic acids is 1. The molecule has 0 aliphatic heterocycles. The minimum Gasteiger partial charge on any atom is -0.491 e. The fourth-order valence-corrected chi connectivity index (χ4v) is 2.93. The summed E-state index contributed by atoms with van der Waals surface area (Å²) >= 11 is 0. The normalized spacial score (nSPS) is 11.1. The van der Waals surface area contributed by atoms with Crippen LogP contribution in [0.15, 0.2) is 18.2 Å². The van der Waals surface area contributed by atoms with E-state index in [2.05, 4.69) is 20.8 Å². The molecule has 0 spiro atoms. The van der Waals surface area contributed by atoms with E-state index in [1.807, 2.05) is 29.5 Å². The number of rotatable bonds is 10. The van der Waals surface area contributed by atoms with Crippen LogP contribution in [0.1, 0.15) is 25.6 Å². The van der Waals surface area contributed by atoms with E-state index in [9.17, 15) is 4.79 Å². The molecule has 150 valence electrons. The molecular weight excluding hydrogens is 360 g/mol. The van der Waals surface area contributed by atoms with Crippen LogP contribution in [-0.4, -0.2) is 58.9 Å². The Labute approximate surface area is 163 Å². The highest BCUT2D eigenvalue weighted by Gasteiger charge is 2.13. The lowest BCUT2D eigenvalue weighted by atomic mass is 10.2. The quantitative estimate of drug-likeness (QED) is 0.513. The van der Waals surface area contributed by atoms with E-state index in [1.54, 1.807) is 7.11 Å². The lowest BCUT2D eigenvalue weighted by molar-refractivity contribution is -0.118. The van der Waals surface area contributed by atoms with Crippen molar-refractivity contribution in [3.8, 4) is 5.75 Å². The van der Waals surface area contributed by atoms with Gasteiger partial charge in [-0.25, -0.2) is 4.98 Å². The number of aryl methyl sites for hydroxylation is 1. The topological polar surface area (TPSA) is 103 Å². The first-order chi connectivity index (χ1) is 13.6. The summed E-state index contributed by atoms with van der Waals surface area (Å²) < 4.78 is 12.7. The molecule has 9 nitrogen and oxygen atoms in total. The fraction of sp³-hybridized carbons (Fsp3) is 0.474. The van der Waals surface area contributed by atoms with E-state index in [-0.39, 0.29) is 5.91 Å². The summed E-state index contributed by atoms with van der Waals surface area (Å²) in [6, 6.07) is 5.78.